The Morgan fingerprint density at radius 1 is 1.47 bits per heavy atom. The molecule has 0 aromatic heterocycles. The summed E-state index contributed by atoms with van der Waals surface area (Å²) in [6, 6.07) is 3.39. The molecule has 1 aromatic carbocycles. The molecule has 6 nitrogen and oxygen atoms in total. The van der Waals surface area contributed by atoms with Crippen LogP contribution in [-0.4, -0.2) is 23.6 Å². The van der Waals surface area contributed by atoms with Gasteiger partial charge in [0.2, 0.25) is 5.91 Å². The molecule has 0 heterocycles. The molecule has 0 aliphatic carbocycles. The summed E-state index contributed by atoms with van der Waals surface area (Å²) in [7, 11) is 0. The van der Waals surface area contributed by atoms with Gasteiger partial charge in [-0.2, -0.15) is 5.48 Å². The first kappa shape index (κ1) is 13.1. The molecule has 17 heavy (non-hydrogen) atoms. The zero-order valence-corrected chi connectivity index (χ0v) is 8.77. The van der Waals surface area contributed by atoms with Crippen LogP contribution in [0, 0.1) is 5.82 Å². The van der Waals surface area contributed by atoms with E-state index in [9.17, 15) is 14.0 Å². The molecule has 92 valence electrons. The van der Waals surface area contributed by atoms with Crippen molar-refractivity contribution in [3.8, 4) is 0 Å². The van der Waals surface area contributed by atoms with Gasteiger partial charge in [0.05, 0.1) is 5.56 Å². The number of benzene rings is 1. The molecule has 0 saturated heterocycles. The summed E-state index contributed by atoms with van der Waals surface area (Å²) in [5, 5.41) is 8.71. The summed E-state index contributed by atoms with van der Waals surface area (Å²) in [6.45, 7) is -0.416. The van der Waals surface area contributed by atoms with Crippen LogP contribution in [0.15, 0.2) is 18.2 Å². The number of amides is 1. The molecule has 1 aromatic rings. The van der Waals surface area contributed by atoms with Crippen molar-refractivity contribution in [1.29, 1.82) is 0 Å². The Kier molecular flexibility index (Phi) is 4.56. The summed E-state index contributed by atoms with van der Waals surface area (Å²) >= 11 is 0. The van der Waals surface area contributed by atoms with Gasteiger partial charge in [-0.25, -0.2) is 9.18 Å². The van der Waals surface area contributed by atoms with Crippen LogP contribution in [-0.2, 0) is 16.2 Å². The third-order valence-corrected chi connectivity index (χ3v) is 1.87. The van der Waals surface area contributed by atoms with Gasteiger partial charge in [-0.3, -0.25) is 9.63 Å². The smallest absolute Gasteiger partial charge is 0.335 e. The first-order chi connectivity index (χ1) is 8.00. The van der Waals surface area contributed by atoms with Crippen LogP contribution in [0.2, 0.25) is 0 Å². The summed E-state index contributed by atoms with van der Waals surface area (Å²) in [4.78, 5) is 25.6. The van der Waals surface area contributed by atoms with Crippen LogP contribution in [0.3, 0.4) is 0 Å². The average molecular weight is 242 g/mol. The van der Waals surface area contributed by atoms with E-state index in [0.717, 1.165) is 12.1 Å². The van der Waals surface area contributed by atoms with E-state index in [2.05, 4.69) is 10.3 Å². The van der Waals surface area contributed by atoms with Crippen LogP contribution in [0.1, 0.15) is 15.9 Å². The van der Waals surface area contributed by atoms with Gasteiger partial charge in [0.25, 0.3) is 0 Å². The highest BCUT2D eigenvalue weighted by molar-refractivity contribution is 5.87. The van der Waals surface area contributed by atoms with Crippen molar-refractivity contribution in [3.63, 3.8) is 0 Å². The molecule has 7 heteroatoms. The maximum atomic E-state index is 13.2. The Morgan fingerprint density at radius 3 is 2.76 bits per heavy atom. The molecule has 0 aliphatic rings. The second-order valence-corrected chi connectivity index (χ2v) is 3.19. The van der Waals surface area contributed by atoms with Crippen molar-refractivity contribution < 1.29 is 23.9 Å². The Hall–Kier alpha value is -1.99. The van der Waals surface area contributed by atoms with E-state index >= 15 is 0 Å². The van der Waals surface area contributed by atoms with E-state index in [1.807, 2.05) is 0 Å². The van der Waals surface area contributed by atoms with Crippen molar-refractivity contribution >= 4 is 11.9 Å². The number of halogens is 1. The van der Waals surface area contributed by atoms with Crippen LogP contribution in [0.25, 0.3) is 0 Å². The number of hydrogen-bond acceptors (Lipinski definition) is 4. The molecule has 0 unspecified atom stereocenters. The summed E-state index contributed by atoms with van der Waals surface area (Å²) in [6.07, 6.45) is 0. The lowest BCUT2D eigenvalue weighted by Gasteiger charge is -2.06. The molecule has 4 N–H and O–H groups in total. The Balaban J connectivity index is 2.60. The number of primary amides is 1. The van der Waals surface area contributed by atoms with Crippen LogP contribution < -0.4 is 11.2 Å². The molecule has 0 saturated carbocycles. The lowest BCUT2D eigenvalue weighted by molar-refractivity contribution is -0.125. The van der Waals surface area contributed by atoms with Crippen molar-refractivity contribution in [3.05, 3.63) is 35.1 Å². The number of carboxylic acids is 1. The normalized spacial score (nSPS) is 10.2. The molecular formula is C10H11FN2O4. The molecular weight excluding hydrogens is 231 g/mol. The quantitative estimate of drug-likeness (QED) is 0.482. The van der Waals surface area contributed by atoms with E-state index in [4.69, 9.17) is 10.8 Å². The van der Waals surface area contributed by atoms with Crippen molar-refractivity contribution in [2.45, 2.75) is 6.54 Å². The number of rotatable bonds is 6. The minimum Gasteiger partial charge on any atom is -0.478 e. The lowest BCUT2D eigenvalue weighted by atomic mass is 10.1. The van der Waals surface area contributed by atoms with Crippen LogP contribution in [0.5, 0.6) is 0 Å². The highest BCUT2D eigenvalue weighted by Gasteiger charge is 2.08. The van der Waals surface area contributed by atoms with Crippen LogP contribution in [0.4, 0.5) is 4.39 Å². The predicted octanol–water partition coefficient (Wildman–Crippen LogP) is 0.0304. The second-order valence-electron chi connectivity index (χ2n) is 3.19. The highest BCUT2D eigenvalue weighted by Crippen LogP contribution is 2.10. The van der Waals surface area contributed by atoms with Crippen LogP contribution >= 0.6 is 0 Å². The third kappa shape index (κ3) is 4.17. The number of nitrogens with one attached hydrogen (secondary N) is 1. The number of hydrogen-bond donors (Lipinski definition) is 3. The number of aromatic carboxylic acids is 1. The maximum Gasteiger partial charge on any atom is 0.335 e. The Labute approximate surface area is 96.1 Å². The molecule has 0 fully saturated rings. The topological polar surface area (TPSA) is 102 Å². The zero-order chi connectivity index (χ0) is 12.8. The lowest BCUT2D eigenvalue weighted by Crippen LogP contribution is -2.24. The molecule has 1 amide bonds. The van der Waals surface area contributed by atoms with Gasteiger partial charge in [-0.1, -0.05) is 0 Å². The molecule has 0 bridgehead atoms. The fraction of sp³-hybridized carbons (Fsp3) is 0.200. The van der Waals surface area contributed by atoms with Gasteiger partial charge in [0.1, 0.15) is 12.4 Å². The zero-order valence-electron chi connectivity index (χ0n) is 8.77. The average Bonchev–Trinajstić information content (AvgIpc) is 2.25. The van der Waals surface area contributed by atoms with Crippen molar-refractivity contribution in [2.75, 3.05) is 6.61 Å². The monoisotopic (exact) mass is 242 g/mol. The van der Waals surface area contributed by atoms with Gasteiger partial charge >= 0.3 is 5.97 Å². The number of carboxylic acid groups (broad SMARTS) is 1. The predicted molar refractivity (Wildman–Crippen MR) is 55.3 cm³/mol. The number of carbonyl (C=O) groups is 2. The number of nitrogens with two attached hydrogens (primary N) is 1. The standard InChI is InChI=1S/C10H11FN2O4/c11-8-2-1-6(10(15)16)3-7(8)4-13-17-5-9(12)14/h1-3,13H,4-5H2,(H2,12,14)(H,15,16). The summed E-state index contributed by atoms with van der Waals surface area (Å²) < 4.78 is 13.2. The van der Waals surface area contributed by atoms with Gasteiger partial charge in [0, 0.05) is 12.1 Å². The first-order valence-electron chi connectivity index (χ1n) is 4.65. The molecule has 0 aliphatic heterocycles. The largest absolute Gasteiger partial charge is 0.478 e. The third-order valence-electron chi connectivity index (χ3n) is 1.87. The van der Waals surface area contributed by atoms with Gasteiger partial charge in [-0.05, 0) is 18.2 Å². The Bertz CT molecular complexity index is 436. The molecule has 0 atom stereocenters. The number of carbonyl (C=O) groups excluding carboxylic acids is 1. The number of hydroxylamine groups is 1. The SMILES string of the molecule is NC(=O)CONCc1cc(C(=O)O)ccc1F. The van der Waals surface area contributed by atoms with Gasteiger partial charge in [0.15, 0.2) is 0 Å². The van der Waals surface area contributed by atoms with Crippen molar-refractivity contribution in [1.82, 2.24) is 5.48 Å². The summed E-state index contributed by atoms with van der Waals surface area (Å²) in [5.41, 5.74) is 7.21. The fourth-order valence-corrected chi connectivity index (χ4v) is 1.09. The van der Waals surface area contributed by atoms with Gasteiger partial charge < -0.3 is 10.8 Å². The van der Waals surface area contributed by atoms with E-state index in [1.54, 1.807) is 0 Å². The van der Waals surface area contributed by atoms with E-state index in [-0.39, 0.29) is 24.3 Å². The minimum absolute atomic E-state index is 0.0295. The molecule has 0 radical (unpaired) electrons. The summed E-state index contributed by atoms with van der Waals surface area (Å²) in [5.74, 6) is -2.38. The Morgan fingerprint density at radius 2 is 2.18 bits per heavy atom. The van der Waals surface area contributed by atoms with Gasteiger partial charge in [-0.15, -0.1) is 0 Å². The van der Waals surface area contributed by atoms with E-state index in [0.29, 0.717) is 0 Å². The van der Waals surface area contributed by atoms with E-state index < -0.39 is 17.7 Å². The highest BCUT2D eigenvalue weighted by atomic mass is 19.1. The molecule has 1 rings (SSSR count). The first-order valence-corrected chi connectivity index (χ1v) is 4.65. The fourth-order valence-electron chi connectivity index (χ4n) is 1.09. The maximum absolute atomic E-state index is 13.2. The minimum atomic E-state index is -1.15. The second kappa shape index (κ2) is 5.92. The van der Waals surface area contributed by atoms with Crippen molar-refractivity contribution in [2.24, 2.45) is 5.73 Å². The molecule has 0 spiro atoms. The van der Waals surface area contributed by atoms with E-state index in [1.165, 1.54) is 6.07 Å².